The Bertz CT molecular complexity index is 1120. The quantitative estimate of drug-likeness (QED) is 0.597. The van der Waals surface area contributed by atoms with Crippen molar-refractivity contribution in [2.45, 2.75) is 51.8 Å². The van der Waals surface area contributed by atoms with Gasteiger partial charge in [0.15, 0.2) is 0 Å². The largest absolute Gasteiger partial charge is 0.490 e. The molecule has 31 heavy (non-hydrogen) atoms. The van der Waals surface area contributed by atoms with Crippen molar-refractivity contribution in [3.63, 3.8) is 0 Å². The lowest BCUT2D eigenvalue weighted by atomic mass is 10.0. The first-order valence-corrected chi connectivity index (χ1v) is 10.5. The number of nitrogens with one attached hydrogen (secondary N) is 1. The smallest absolute Gasteiger partial charge is 0.258 e. The predicted molar refractivity (Wildman–Crippen MR) is 116 cm³/mol. The van der Waals surface area contributed by atoms with E-state index in [1.807, 2.05) is 39.0 Å². The summed E-state index contributed by atoms with van der Waals surface area (Å²) in [6, 6.07) is 13.8. The molecule has 2 atom stereocenters. The van der Waals surface area contributed by atoms with Crippen LogP contribution in [-0.2, 0) is 6.42 Å². The monoisotopic (exact) mass is 418 g/mol. The van der Waals surface area contributed by atoms with Gasteiger partial charge in [-0.25, -0.2) is 0 Å². The van der Waals surface area contributed by atoms with Crippen LogP contribution in [0.1, 0.15) is 49.9 Å². The molecule has 0 radical (unpaired) electrons. The number of nitrogens with zero attached hydrogens (tertiary/aromatic N) is 3. The first-order chi connectivity index (χ1) is 15.0. The first kappa shape index (κ1) is 21.0. The molecule has 1 aromatic heterocycles. The molecule has 0 spiro atoms. The lowest BCUT2D eigenvalue weighted by Crippen LogP contribution is -2.32. The maximum Gasteiger partial charge on any atom is 0.258 e. The van der Waals surface area contributed by atoms with E-state index in [2.05, 4.69) is 27.6 Å². The van der Waals surface area contributed by atoms with Gasteiger partial charge >= 0.3 is 0 Å². The van der Waals surface area contributed by atoms with E-state index in [0.717, 1.165) is 18.4 Å². The number of fused-ring (bicyclic) bond motifs is 1. The molecule has 160 valence electrons. The van der Waals surface area contributed by atoms with Crippen molar-refractivity contribution >= 4 is 0 Å². The normalized spacial score (nSPS) is 16.2. The number of nitriles is 1. The van der Waals surface area contributed by atoms with Crippen LogP contribution >= 0.6 is 0 Å². The van der Waals surface area contributed by atoms with Crippen LogP contribution in [0, 0.1) is 11.3 Å². The maximum absolute atomic E-state index is 9.48. The molecular formula is C24H26N4O3. The number of hydrogen-bond acceptors (Lipinski definition) is 7. The Balaban J connectivity index is 1.63. The fraction of sp³-hybridized carbons (Fsp3) is 0.375. The summed E-state index contributed by atoms with van der Waals surface area (Å²) in [5, 5.41) is 26.5. The van der Waals surface area contributed by atoms with E-state index in [1.54, 1.807) is 12.1 Å². The van der Waals surface area contributed by atoms with E-state index in [-0.39, 0.29) is 24.8 Å². The number of aromatic nitrogens is 2. The molecule has 0 fully saturated rings. The number of rotatable bonds is 7. The minimum atomic E-state index is -0.0215. The van der Waals surface area contributed by atoms with Crippen LogP contribution in [-0.4, -0.2) is 34.0 Å². The van der Waals surface area contributed by atoms with Crippen LogP contribution in [0.5, 0.6) is 5.75 Å². The van der Waals surface area contributed by atoms with Gasteiger partial charge in [-0.1, -0.05) is 23.4 Å². The van der Waals surface area contributed by atoms with E-state index < -0.39 is 0 Å². The van der Waals surface area contributed by atoms with Crippen molar-refractivity contribution in [3.05, 3.63) is 53.1 Å². The molecule has 0 bridgehead atoms. The summed E-state index contributed by atoms with van der Waals surface area (Å²) in [4.78, 5) is 4.61. The minimum Gasteiger partial charge on any atom is -0.490 e. The molecule has 3 aromatic rings. The summed E-state index contributed by atoms with van der Waals surface area (Å²) in [6.45, 7) is 5.91. The zero-order valence-electron chi connectivity index (χ0n) is 17.9. The van der Waals surface area contributed by atoms with Gasteiger partial charge in [-0.3, -0.25) is 0 Å². The van der Waals surface area contributed by atoms with Crippen molar-refractivity contribution in [1.29, 1.82) is 5.26 Å². The molecule has 1 aliphatic carbocycles. The highest BCUT2D eigenvalue weighted by Gasteiger charge is 2.27. The zero-order chi connectivity index (χ0) is 22.0. The van der Waals surface area contributed by atoms with Gasteiger partial charge in [0.05, 0.1) is 18.3 Å². The van der Waals surface area contributed by atoms with Crippen LogP contribution < -0.4 is 10.1 Å². The van der Waals surface area contributed by atoms with Crippen molar-refractivity contribution in [1.82, 2.24) is 15.5 Å². The Kier molecular flexibility index (Phi) is 6.03. The molecule has 1 heterocycles. The summed E-state index contributed by atoms with van der Waals surface area (Å²) in [5.74, 6) is 1.43. The van der Waals surface area contributed by atoms with Gasteiger partial charge in [-0.15, -0.1) is 0 Å². The Morgan fingerprint density at radius 3 is 2.87 bits per heavy atom. The second-order valence-electron chi connectivity index (χ2n) is 8.13. The van der Waals surface area contributed by atoms with Crippen LogP contribution in [0.3, 0.4) is 0 Å². The van der Waals surface area contributed by atoms with Crippen LogP contribution in [0.15, 0.2) is 40.9 Å². The van der Waals surface area contributed by atoms with Crippen molar-refractivity contribution in [2.24, 2.45) is 0 Å². The van der Waals surface area contributed by atoms with E-state index in [1.165, 1.54) is 11.1 Å². The van der Waals surface area contributed by atoms with Crippen LogP contribution in [0.25, 0.3) is 22.8 Å². The Labute approximate surface area is 181 Å². The molecule has 7 nitrogen and oxygen atoms in total. The van der Waals surface area contributed by atoms with Crippen LogP contribution in [0.2, 0.25) is 0 Å². The first-order valence-electron chi connectivity index (χ1n) is 10.5. The fourth-order valence-corrected chi connectivity index (χ4v) is 3.99. The van der Waals surface area contributed by atoms with Gasteiger partial charge in [0.2, 0.25) is 5.82 Å². The van der Waals surface area contributed by atoms with Crippen molar-refractivity contribution in [2.75, 3.05) is 6.61 Å². The number of ether oxygens (including phenoxy) is 1. The third-order valence-corrected chi connectivity index (χ3v) is 5.41. The standard InChI is InChI=1S/C24H26N4O3/c1-14(2)30-22-10-7-16(11-17(22)12-25)24-27-23(28-31-24)20-6-4-5-19-18(20)8-9-21(19)26-15(3)13-29/h4-7,10-11,14-15,21,26,29H,8-9,13H2,1-3H3/t15-,21-/m0/s1. The average molecular weight is 418 g/mol. The molecule has 4 rings (SSSR count). The number of hydrogen-bond donors (Lipinski definition) is 2. The van der Waals surface area contributed by atoms with Gasteiger partial charge in [0.25, 0.3) is 5.89 Å². The zero-order valence-corrected chi connectivity index (χ0v) is 17.9. The Morgan fingerprint density at radius 2 is 2.13 bits per heavy atom. The van der Waals surface area contributed by atoms with Gasteiger partial charge in [-0.2, -0.15) is 10.2 Å². The second kappa shape index (κ2) is 8.88. The van der Waals surface area contributed by atoms with Crippen molar-refractivity contribution < 1.29 is 14.4 Å². The number of aliphatic hydroxyl groups is 1. The number of benzene rings is 2. The highest BCUT2D eigenvalue weighted by Crippen LogP contribution is 2.37. The second-order valence-corrected chi connectivity index (χ2v) is 8.13. The molecule has 2 N–H and O–H groups in total. The summed E-state index contributed by atoms with van der Waals surface area (Å²) in [6.07, 6.45) is 1.85. The van der Waals surface area contributed by atoms with Crippen molar-refractivity contribution in [3.8, 4) is 34.7 Å². The van der Waals surface area contributed by atoms with Gasteiger partial charge in [-0.05, 0) is 62.9 Å². The molecular weight excluding hydrogens is 392 g/mol. The molecule has 1 aliphatic rings. The minimum absolute atomic E-state index is 0.0215. The average Bonchev–Trinajstić information content (AvgIpc) is 3.41. The Hall–Kier alpha value is -3.21. The highest BCUT2D eigenvalue weighted by atomic mass is 16.5. The van der Waals surface area contributed by atoms with E-state index >= 15 is 0 Å². The van der Waals surface area contributed by atoms with E-state index in [4.69, 9.17) is 9.26 Å². The van der Waals surface area contributed by atoms with Gasteiger partial charge < -0.3 is 19.7 Å². The third kappa shape index (κ3) is 4.31. The summed E-state index contributed by atoms with van der Waals surface area (Å²) < 4.78 is 11.2. The lowest BCUT2D eigenvalue weighted by Gasteiger charge is -2.18. The lowest BCUT2D eigenvalue weighted by molar-refractivity contribution is 0.240. The summed E-state index contributed by atoms with van der Waals surface area (Å²) in [7, 11) is 0. The fourth-order valence-electron chi connectivity index (χ4n) is 3.99. The Morgan fingerprint density at radius 1 is 1.29 bits per heavy atom. The van der Waals surface area contributed by atoms with E-state index in [9.17, 15) is 10.4 Å². The molecule has 7 heteroatoms. The van der Waals surface area contributed by atoms with Gasteiger partial charge in [0.1, 0.15) is 11.8 Å². The molecule has 0 saturated heterocycles. The molecule has 2 aromatic carbocycles. The molecule has 0 aliphatic heterocycles. The molecule has 0 unspecified atom stereocenters. The van der Waals surface area contributed by atoms with Gasteiger partial charge in [0, 0.05) is 23.2 Å². The summed E-state index contributed by atoms with van der Waals surface area (Å²) in [5.41, 5.74) is 4.48. The molecule has 0 saturated carbocycles. The topological polar surface area (TPSA) is 104 Å². The summed E-state index contributed by atoms with van der Waals surface area (Å²) >= 11 is 0. The maximum atomic E-state index is 9.48. The predicted octanol–water partition coefficient (Wildman–Crippen LogP) is 4.02. The molecule has 0 amide bonds. The third-order valence-electron chi connectivity index (χ3n) is 5.41. The van der Waals surface area contributed by atoms with Crippen LogP contribution in [0.4, 0.5) is 0 Å². The highest BCUT2D eigenvalue weighted by molar-refractivity contribution is 5.67. The SMILES string of the molecule is CC(C)Oc1ccc(-c2nc(-c3cccc4c3CC[C@@H]4N[C@@H](C)CO)no2)cc1C#N. The van der Waals surface area contributed by atoms with E-state index in [0.29, 0.717) is 28.6 Å². The number of aliphatic hydroxyl groups excluding tert-OH is 1.